The Hall–Kier alpha value is -0.610. The van der Waals surface area contributed by atoms with Crippen LogP contribution in [0.3, 0.4) is 0 Å². The SMILES string of the molecule is CCN(CC(=O)N(C)C(C)C)CC(C)(C)O. The molecule has 0 aliphatic carbocycles. The van der Waals surface area contributed by atoms with Crippen molar-refractivity contribution in [2.45, 2.75) is 46.3 Å². The Morgan fingerprint density at radius 2 is 1.88 bits per heavy atom. The summed E-state index contributed by atoms with van der Waals surface area (Å²) in [6.45, 7) is 11.1. The molecule has 0 radical (unpaired) electrons. The van der Waals surface area contributed by atoms with Crippen molar-refractivity contribution >= 4 is 5.91 Å². The molecule has 0 aromatic heterocycles. The van der Waals surface area contributed by atoms with Crippen LogP contribution < -0.4 is 0 Å². The number of carbonyl (C=O) groups excluding carboxylic acids is 1. The minimum Gasteiger partial charge on any atom is -0.389 e. The molecular weight excluding hydrogens is 204 g/mol. The number of aliphatic hydroxyl groups is 1. The fourth-order valence-electron chi connectivity index (χ4n) is 1.42. The maximum Gasteiger partial charge on any atom is 0.236 e. The molecule has 0 atom stereocenters. The maximum atomic E-state index is 11.8. The van der Waals surface area contributed by atoms with Crippen LogP contribution in [0, 0.1) is 0 Å². The van der Waals surface area contributed by atoms with E-state index in [1.165, 1.54) is 0 Å². The second-order valence-electron chi connectivity index (χ2n) is 5.21. The Labute approximate surface area is 99.2 Å². The first-order valence-corrected chi connectivity index (χ1v) is 5.87. The van der Waals surface area contributed by atoms with Crippen molar-refractivity contribution < 1.29 is 9.90 Å². The Balaban J connectivity index is 4.28. The van der Waals surface area contributed by atoms with Gasteiger partial charge in [-0.2, -0.15) is 0 Å². The van der Waals surface area contributed by atoms with Crippen molar-refractivity contribution in [3.63, 3.8) is 0 Å². The van der Waals surface area contributed by atoms with Gasteiger partial charge < -0.3 is 10.0 Å². The van der Waals surface area contributed by atoms with Crippen LogP contribution in [0.15, 0.2) is 0 Å². The number of hydrogen-bond donors (Lipinski definition) is 1. The molecule has 4 heteroatoms. The lowest BCUT2D eigenvalue weighted by molar-refractivity contribution is -0.133. The van der Waals surface area contributed by atoms with E-state index in [4.69, 9.17) is 0 Å². The fourth-order valence-corrected chi connectivity index (χ4v) is 1.42. The molecule has 0 aromatic rings. The van der Waals surface area contributed by atoms with Crippen LogP contribution in [0.4, 0.5) is 0 Å². The average molecular weight is 230 g/mol. The van der Waals surface area contributed by atoms with Crippen LogP contribution in [0.1, 0.15) is 34.6 Å². The first kappa shape index (κ1) is 15.4. The molecule has 16 heavy (non-hydrogen) atoms. The van der Waals surface area contributed by atoms with Gasteiger partial charge in [0.1, 0.15) is 0 Å². The lowest BCUT2D eigenvalue weighted by Gasteiger charge is -2.30. The molecule has 0 fully saturated rings. The molecule has 1 amide bonds. The van der Waals surface area contributed by atoms with Crippen molar-refractivity contribution in [2.24, 2.45) is 0 Å². The van der Waals surface area contributed by atoms with Crippen LogP contribution in [-0.4, -0.2) is 59.1 Å². The van der Waals surface area contributed by atoms with Crippen LogP contribution in [0.5, 0.6) is 0 Å². The van der Waals surface area contributed by atoms with E-state index in [1.807, 2.05) is 32.7 Å². The first-order valence-electron chi connectivity index (χ1n) is 5.87. The summed E-state index contributed by atoms with van der Waals surface area (Å²) in [6.07, 6.45) is 0. The number of hydrogen-bond acceptors (Lipinski definition) is 3. The Bertz CT molecular complexity index is 222. The predicted octanol–water partition coefficient (Wildman–Crippen LogP) is 0.946. The highest BCUT2D eigenvalue weighted by Gasteiger charge is 2.21. The summed E-state index contributed by atoms with van der Waals surface area (Å²) in [5, 5.41) is 9.71. The molecule has 0 saturated heterocycles. The highest BCUT2D eigenvalue weighted by molar-refractivity contribution is 5.78. The van der Waals surface area contributed by atoms with Gasteiger partial charge in [-0.05, 0) is 34.2 Å². The van der Waals surface area contributed by atoms with Gasteiger partial charge in [0.15, 0.2) is 0 Å². The molecule has 0 heterocycles. The molecule has 4 nitrogen and oxygen atoms in total. The molecule has 0 aromatic carbocycles. The van der Waals surface area contributed by atoms with Gasteiger partial charge in [0.25, 0.3) is 0 Å². The van der Waals surface area contributed by atoms with E-state index in [9.17, 15) is 9.90 Å². The lowest BCUT2D eigenvalue weighted by atomic mass is 10.1. The highest BCUT2D eigenvalue weighted by atomic mass is 16.3. The van der Waals surface area contributed by atoms with Gasteiger partial charge in [-0.3, -0.25) is 9.69 Å². The van der Waals surface area contributed by atoms with Gasteiger partial charge in [-0.15, -0.1) is 0 Å². The van der Waals surface area contributed by atoms with E-state index in [-0.39, 0.29) is 11.9 Å². The maximum absolute atomic E-state index is 11.8. The third-order valence-corrected chi connectivity index (χ3v) is 2.58. The molecule has 1 N–H and O–H groups in total. The van der Waals surface area contributed by atoms with Gasteiger partial charge in [0.05, 0.1) is 12.1 Å². The number of nitrogens with zero attached hydrogens (tertiary/aromatic N) is 2. The molecule has 0 bridgehead atoms. The number of rotatable bonds is 6. The van der Waals surface area contributed by atoms with Gasteiger partial charge in [-0.25, -0.2) is 0 Å². The van der Waals surface area contributed by atoms with Crippen LogP contribution in [0.25, 0.3) is 0 Å². The van der Waals surface area contributed by atoms with Crippen LogP contribution in [-0.2, 0) is 4.79 Å². The van der Waals surface area contributed by atoms with Crippen molar-refractivity contribution in [1.29, 1.82) is 0 Å². The molecule has 0 saturated carbocycles. The monoisotopic (exact) mass is 230 g/mol. The van der Waals surface area contributed by atoms with E-state index in [1.54, 1.807) is 18.7 Å². The molecule has 0 aliphatic rings. The third-order valence-electron chi connectivity index (χ3n) is 2.58. The van der Waals surface area contributed by atoms with E-state index < -0.39 is 5.60 Å². The lowest BCUT2D eigenvalue weighted by Crippen LogP contribution is -2.45. The van der Waals surface area contributed by atoms with Gasteiger partial charge >= 0.3 is 0 Å². The number of likely N-dealkylation sites (N-methyl/N-ethyl adjacent to an activating group) is 2. The summed E-state index contributed by atoms with van der Waals surface area (Å²) in [7, 11) is 1.81. The zero-order valence-corrected chi connectivity index (χ0v) is 11.4. The summed E-state index contributed by atoms with van der Waals surface area (Å²) < 4.78 is 0. The molecule has 0 unspecified atom stereocenters. The summed E-state index contributed by atoms with van der Waals surface area (Å²) in [5.41, 5.74) is -0.757. The van der Waals surface area contributed by atoms with E-state index in [2.05, 4.69) is 0 Å². The Morgan fingerprint density at radius 1 is 1.38 bits per heavy atom. The van der Waals surface area contributed by atoms with Crippen LogP contribution in [0.2, 0.25) is 0 Å². The molecule has 0 rings (SSSR count). The smallest absolute Gasteiger partial charge is 0.236 e. The number of amides is 1. The topological polar surface area (TPSA) is 43.8 Å². The standard InChI is InChI=1S/C12H26N2O2/c1-7-14(9-12(4,5)16)8-11(15)13(6)10(2)3/h10,16H,7-9H2,1-6H3. The largest absolute Gasteiger partial charge is 0.389 e. The quantitative estimate of drug-likeness (QED) is 0.739. The molecular formula is C12H26N2O2. The second-order valence-corrected chi connectivity index (χ2v) is 5.21. The molecule has 0 spiro atoms. The van der Waals surface area contributed by atoms with Crippen LogP contribution >= 0.6 is 0 Å². The van der Waals surface area contributed by atoms with Crippen molar-refractivity contribution in [3.8, 4) is 0 Å². The van der Waals surface area contributed by atoms with Crippen molar-refractivity contribution in [3.05, 3.63) is 0 Å². The van der Waals surface area contributed by atoms with E-state index in [0.29, 0.717) is 13.1 Å². The summed E-state index contributed by atoms with van der Waals surface area (Å²) in [6, 6.07) is 0.216. The van der Waals surface area contributed by atoms with Crippen molar-refractivity contribution in [1.82, 2.24) is 9.80 Å². The fraction of sp³-hybridized carbons (Fsp3) is 0.917. The third kappa shape index (κ3) is 6.08. The minimum absolute atomic E-state index is 0.0982. The van der Waals surface area contributed by atoms with Gasteiger partial charge in [0, 0.05) is 19.6 Å². The average Bonchev–Trinajstić information content (AvgIpc) is 2.13. The molecule has 0 aliphatic heterocycles. The zero-order valence-electron chi connectivity index (χ0n) is 11.4. The second kappa shape index (κ2) is 6.21. The van der Waals surface area contributed by atoms with E-state index >= 15 is 0 Å². The van der Waals surface area contributed by atoms with Gasteiger partial charge in [-0.1, -0.05) is 6.92 Å². The Morgan fingerprint density at radius 3 is 2.19 bits per heavy atom. The predicted molar refractivity (Wildman–Crippen MR) is 66.3 cm³/mol. The molecule has 96 valence electrons. The van der Waals surface area contributed by atoms with Crippen molar-refractivity contribution in [2.75, 3.05) is 26.7 Å². The Kier molecular flexibility index (Phi) is 5.97. The summed E-state index contributed by atoms with van der Waals surface area (Å²) in [4.78, 5) is 15.5. The highest BCUT2D eigenvalue weighted by Crippen LogP contribution is 2.05. The first-order chi connectivity index (χ1) is 7.17. The zero-order chi connectivity index (χ0) is 12.9. The summed E-state index contributed by atoms with van der Waals surface area (Å²) in [5.74, 6) is 0.0982. The number of carbonyl (C=O) groups is 1. The summed E-state index contributed by atoms with van der Waals surface area (Å²) >= 11 is 0. The minimum atomic E-state index is -0.757. The van der Waals surface area contributed by atoms with Gasteiger partial charge in [0.2, 0.25) is 5.91 Å². The van der Waals surface area contributed by atoms with E-state index in [0.717, 1.165) is 6.54 Å². The normalized spacial score (nSPS) is 12.3.